The van der Waals surface area contributed by atoms with Crippen molar-refractivity contribution < 1.29 is 14.4 Å². The first kappa shape index (κ1) is 17.6. The Balaban J connectivity index is 1.89. The zero-order chi connectivity index (χ0) is 18.7. The fourth-order valence-electron chi connectivity index (χ4n) is 2.85. The van der Waals surface area contributed by atoms with Gasteiger partial charge in [0, 0.05) is 6.54 Å². The van der Waals surface area contributed by atoms with Gasteiger partial charge < -0.3 is 4.90 Å². The van der Waals surface area contributed by atoms with Crippen LogP contribution in [0.4, 0.5) is 5.69 Å². The molecule has 26 heavy (non-hydrogen) atoms. The van der Waals surface area contributed by atoms with E-state index in [-0.39, 0.29) is 24.8 Å². The van der Waals surface area contributed by atoms with Crippen LogP contribution in [0.5, 0.6) is 0 Å². The van der Waals surface area contributed by atoms with Gasteiger partial charge in [0.2, 0.25) is 5.91 Å². The molecule has 0 aliphatic carbocycles. The maximum Gasteiger partial charge on any atom is 0.264 e. The van der Waals surface area contributed by atoms with Crippen molar-refractivity contribution in [2.45, 2.75) is 12.5 Å². The molecule has 6 nitrogen and oxygen atoms in total. The summed E-state index contributed by atoms with van der Waals surface area (Å²) in [6.45, 7) is 3.81. The number of carbonyl (C=O) groups is 3. The van der Waals surface area contributed by atoms with Crippen molar-refractivity contribution in [3.63, 3.8) is 0 Å². The Morgan fingerprint density at radius 3 is 2.65 bits per heavy atom. The molecule has 3 amide bonds. The van der Waals surface area contributed by atoms with Crippen LogP contribution in [0, 0.1) is 11.3 Å². The highest BCUT2D eigenvalue weighted by Gasteiger charge is 2.44. The number of thiophene rings is 1. The fraction of sp³-hybridized carbons (Fsp3) is 0.158. The molecule has 130 valence electrons. The van der Waals surface area contributed by atoms with Crippen LogP contribution in [-0.4, -0.2) is 35.2 Å². The van der Waals surface area contributed by atoms with E-state index in [0.29, 0.717) is 16.1 Å². The lowest BCUT2D eigenvalue weighted by molar-refractivity contribution is -0.122. The van der Waals surface area contributed by atoms with Gasteiger partial charge in [0.25, 0.3) is 11.8 Å². The first-order valence-electron chi connectivity index (χ1n) is 7.89. The summed E-state index contributed by atoms with van der Waals surface area (Å²) in [5.74, 6) is -1.13. The zero-order valence-corrected chi connectivity index (χ0v) is 14.6. The number of nitriles is 1. The highest BCUT2D eigenvalue weighted by atomic mass is 32.1. The molecule has 1 aliphatic heterocycles. The molecule has 1 aliphatic rings. The SMILES string of the molecule is C=CCN(C(=O)c1cccs1)C1CC(=O)N(c2ccc(C#N)cc2)C1=O. The van der Waals surface area contributed by atoms with E-state index in [2.05, 4.69) is 6.58 Å². The van der Waals surface area contributed by atoms with Gasteiger partial charge >= 0.3 is 0 Å². The number of nitrogens with zero attached hydrogens (tertiary/aromatic N) is 3. The van der Waals surface area contributed by atoms with Crippen LogP contribution < -0.4 is 4.90 Å². The molecule has 2 aromatic rings. The highest BCUT2D eigenvalue weighted by Crippen LogP contribution is 2.27. The summed E-state index contributed by atoms with van der Waals surface area (Å²) in [5.41, 5.74) is 0.828. The molecule has 0 radical (unpaired) electrons. The van der Waals surface area contributed by atoms with E-state index in [0.717, 1.165) is 4.90 Å². The predicted molar refractivity (Wildman–Crippen MR) is 97.6 cm³/mol. The molecule has 1 saturated heterocycles. The van der Waals surface area contributed by atoms with Gasteiger partial charge in [-0.2, -0.15) is 5.26 Å². The fourth-order valence-corrected chi connectivity index (χ4v) is 3.53. The van der Waals surface area contributed by atoms with Crippen molar-refractivity contribution in [2.75, 3.05) is 11.4 Å². The zero-order valence-electron chi connectivity index (χ0n) is 13.8. The van der Waals surface area contributed by atoms with E-state index in [4.69, 9.17) is 5.26 Å². The Bertz CT molecular complexity index is 897. The summed E-state index contributed by atoms with van der Waals surface area (Å²) < 4.78 is 0. The third kappa shape index (κ3) is 3.15. The van der Waals surface area contributed by atoms with E-state index in [1.807, 2.05) is 6.07 Å². The summed E-state index contributed by atoms with van der Waals surface area (Å²) in [4.78, 5) is 41.0. The van der Waals surface area contributed by atoms with Gasteiger partial charge in [0.05, 0.1) is 28.6 Å². The van der Waals surface area contributed by atoms with E-state index in [9.17, 15) is 14.4 Å². The first-order chi connectivity index (χ1) is 12.6. The van der Waals surface area contributed by atoms with Crippen LogP contribution in [-0.2, 0) is 9.59 Å². The Morgan fingerprint density at radius 2 is 2.08 bits per heavy atom. The number of hydrogen-bond donors (Lipinski definition) is 0. The van der Waals surface area contributed by atoms with E-state index < -0.39 is 11.9 Å². The summed E-state index contributed by atoms with van der Waals surface area (Å²) in [6, 6.07) is 10.8. The Hall–Kier alpha value is -3.24. The Kier molecular flexibility index (Phi) is 4.96. The number of imide groups is 1. The van der Waals surface area contributed by atoms with Gasteiger partial charge in [0.15, 0.2) is 0 Å². The maximum atomic E-state index is 12.9. The molecule has 2 heterocycles. The number of carbonyl (C=O) groups excluding carboxylic acids is 3. The molecule has 7 heteroatoms. The van der Waals surface area contributed by atoms with Crippen LogP contribution in [0.3, 0.4) is 0 Å². The van der Waals surface area contributed by atoms with E-state index >= 15 is 0 Å². The minimum absolute atomic E-state index is 0.0796. The van der Waals surface area contributed by atoms with Gasteiger partial charge in [-0.1, -0.05) is 12.1 Å². The van der Waals surface area contributed by atoms with Crippen molar-refractivity contribution in [3.05, 3.63) is 64.9 Å². The largest absolute Gasteiger partial charge is 0.322 e. The minimum atomic E-state index is -0.870. The lowest BCUT2D eigenvalue weighted by atomic mass is 10.2. The molecule has 1 aromatic carbocycles. The second-order valence-electron chi connectivity index (χ2n) is 5.67. The molecule has 3 rings (SSSR count). The van der Waals surface area contributed by atoms with Crippen molar-refractivity contribution in [2.24, 2.45) is 0 Å². The third-order valence-corrected chi connectivity index (χ3v) is 4.93. The molecule has 0 spiro atoms. The Labute approximate surface area is 154 Å². The number of rotatable bonds is 5. The summed E-state index contributed by atoms with van der Waals surface area (Å²) in [6.07, 6.45) is 1.46. The Morgan fingerprint density at radius 1 is 1.35 bits per heavy atom. The van der Waals surface area contributed by atoms with Crippen LogP contribution >= 0.6 is 11.3 Å². The molecule has 0 N–H and O–H groups in total. The minimum Gasteiger partial charge on any atom is -0.322 e. The first-order valence-corrected chi connectivity index (χ1v) is 8.77. The highest BCUT2D eigenvalue weighted by molar-refractivity contribution is 7.12. The van der Waals surface area contributed by atoms with E-state index in [1.54, 1.807) is 41.8 Å². The summed E-state index contributed by atoms with van der Waals surface area (Å²) in [7, 11) is 0. The molecule has 1 aromatic heterocycles. The molecular formula is C19H15N3O3S. The normalized spacial score (nSPS) is 16.4. The average Bonchev–Trinajstić information content (AvgIpc) is 3.28. The average molecular weight is 365 g/mol. The molecule has 1 atom stereocenters. The number of anilines is 1. The van der Waals surface area contributed by atoms with E-state index in [1.165, 1.54) is 22.3 Å². The smallest absolute Gasteiger partial charge is 0.264 e. The molecule has 0 bridgehead atoms. The van der Waals surface area contributed by atoms with Gasteiger partial charge in [0.1, 0.15) is 6.04 Å². The second kappa shape index (κ2) is 7.33. The quantitative estimate of drug-likeness (QED) is 0.602. The lowest BCUT2D eigenvalue weighted by Crippen LogP contribution is -2.45. The third-order valence-electron chi connectivity index (χ3n) is 4.07. The molecule has 1 fully saturated rings. The van der Waals surface area contributed by atoms with Gasteiger partial charge in [-0.25, -0.2) is 4.90 Å². The maximum absolute atomic E-state index is 12.9. The van der Waals surface area contributed by atoms with Crippen molar-refractivity contribution in [1.82, 2.24) is 4.90 Å². The predicted octanol–water partition coefficient (Wildman–Crippen LogP) is 2.58. The van der Waals surface area contributed by atoms with Gasteiger partial charge in [-0.05, 0) is 35.7 Å². The van der Waals surface area contributed by atoms with Crippen LogP contribution in [0.1, 0.15) is 21.7 Å². The van der Waals surface area contributed by atoms with Crippen molar-refractivity contribution >= 4 is 34.7 Å². The van der Waals surface area contributed by atoms with Crippen molar-refractivity contribution in [3.8, 4) is 6.07 Å². The lowest BCUT2D eigenvalue weighted by Gasteiger charge is -2.26. The topological polar surface area (TPSA) is 81.5 Å². The van der Waals surface area contributed by atoms with Crippen molar-refractivity contribution in [1.29, 1.82) is 5.26 Å². The second-order valence-corrected chi connectivity index (χ2v) is 6.62. The number of amides is 3. The number of benzene rings is 1. The van der Waals surface area contributed by atoms with Crippen LogP contribution in [0.15, 0.2) is 54.4 Å². The summed E-state index contributed by atoms with van der Waals surface area (Å²) >= 11 is 1.28. The monoisotopic (exact) mass is 365 g/mol. The van der Waals surface area contributed by atoms with Gasteiger partial charge in [-0.15, -0.1) is 17.9 Å². The van der Waals surface area contributed by atoms with Crippen LogP contribution in [0.2, 0.25) is 0 Å². The van der Waals surface area contributed by atoms with Crippen LogP contribution in [0.25, 0.3) is 0 Å². The molecular weight excluding hydrogens is 350 g/mol. The summed E-state index contributed by atoms with van der Waals surface area (Å²) in [5, 5.41) is 10.7. The number of hydrogen-bond acceptors (Lipinski definition) is 5. The standard InChI is InChI=1S/C19H15N3O3S/c1-2-9-21(19(25)16-4-3-10-26-16)15-11-17(23)22(18(15)24)14-7-5-13(12-20)6-8-14/h2-8,10,15H,1,9,11H2. The molecule has 0 saturated carbocycles. The molecule has 1 unspecified atom stereocenters. The van der Waals surface area contributed by atoms with Gasteiger partial charge in [-0.3, -0.25) is 14.4 Å².